The van der Waals surface area contributed by atoms with Crippen molar-refractivity contribution in [2.75, 3.05) is 18.7 Å². The Labute approximate surface area is 49.6 Å². The summed E-state index contributed by atoms with van der Waals surface area (Å²) in [6.45, 7) is 1.74. The Morgan fingerprint density at radius 2 is 1.25 bits per heavy atom. The van der Waals surface area contributed by atoms with Gasteiger partial charge in [0.1, 0.15) is 8.07 Å². The van der Waals surface area contributed by atoms with Crippen LogP contribution in [0.1, 0.15) is 0 Å². The van der Waals surface area contributed by atoms with Gasteiger partial charge in [-0.15, -0.1) is 0 Å². The van der Waals surface area contributed by atoms with Gasteiger partial charge < -0.3 is 15.3 Å². The molecule has 0 unspecified atom stereocenters. The molecule has 0 heterocycles. The van der Waals surface area contributed by atoms with Crippen molar-refractivity contribution in [3.63, 3.8) is 0 Å². The lowest BCUT2D eigenvalue weighted by Gasteiger charge is -2.17. The van der Waals surface area contributed by atoms with Crippen LogP contribution in [0.5, 0.6) is 0 Å². The number of hydrogen-bond donors (Lipinski definition) is 3. The standard InChI is InChI=1S/C4H12O3Si/c1-8(2-5,3-6)4-7/h5-7H,2-4H2,1H3. The minimum Gasteiger partial charge on any atom is -0.399 e. The van der Waals surface area contributed by atoms with Crippen molar-refractivity contribution < 1.29 is 15.3 Å². The van der Waals surface area contributed by atoms with Crippen molar-refractivity contribution in [2.24, 2.45) is 0 Å². The van der Waals surface area contributed by atoms with Gasteiger partial charge in [-0.3, -0.25) is 0 Å². The molecular formula is C4H12O3Si. The summed E-state index contributed by atoms with van der Waals surface area (Å²) in [7, 11) is -2.00. The van der Waals surface area contributed by atoms with Gasteiger partial charge in [0.25, 0.3) is 0 Å². The predicted octanol–water partition coefficient (Wildman–Crippen LogP) is -1.34. The number of rotatable bonds is 3. The van der Waals surface area contributed by atoms with Crippen LogP contribution in [0, 0.1) is 0 Å². The molecule has 0 amide bonds. The van der Waals surface area contributed by atoms with Gasteiger partial charge in [0, 0.05) is 18.7 Å². The molecule has 0 aromatic carbocycles. The first-order valence-electron chi connectivity index (χ1n) is 2.51. The SMILES string of the molecule is C[Si](CO)(CO)CO. The van der Waals surface area contributed by atoms with Crippen molar-refractivity contribution in [1.29, 1.82) is 0 Å². The molecule has 4 heteroatoms. The summed E-state index contributed by atoms with van der Waals surface area (Å²) in [5, 5.41) is 25.6. The molecule has 0 saturated heterocycles. The Morgan fingerprint density at radius 1 is 1.00 bits per heavy atom. The molecule has 0 fully saturated rings. The quantitative estimate of drug-likeness (QED) is 0.421. The first kappa shape index (κ1) is 8.10. The van der Waals surface area contributed by atoms with E-state index in [1.54, 1.807) is 6.55 Å². The highest BCUT2D eigenvalue weighted by Gasteiger charge is 2.23. The van der Waals surface area contributed by atoms with Crippen LogP contribution in [0.3, 0.4) is 0 Å². The fourth-order valence-electron chi connectivity index (χ4n) is 0.150. The van der Waals surface area contributed by atoms with Gasteiger partial charge in [0.2, 0.25) is 0 Å². The zero-order chi connectivity index (χ0) is 6.62. The van der Waals surface area contributed by atoms with Crippen molar-refractivity contribution >= 4 is 8.07 Å². The normalized spacial score (nSPS) is 12.0. The van der Waals surface area contributed by atoms with E-state index in [0.29, 0.717) is 0 Å². The highest BCUT2D eigenvalue weighted by molar-refractivity contribution is 6.78. The summed E-state index contributed by atoms with van der Waals surface area (Å²) in [5.41, 5.74) is 0. The molecule has 0 radical (unpaired) electrons. The maximum Gasteiger partial charge on any atom is 0.136 e. The van der Waals surface area contributed by atoms with Gasteiger partial charge >= 0.3 is 0 Å². The van der Waals surface area contributed by atoms with Crippen LogP contribution in [0.4, 0.5) is 0 Å². The summed E-state index contributed by atoms with van der Waals surface area (Å²) in [6.07, 6.45) is -0.125. The molecule has 0 aliphatic carbocycles. The average Bonchev–Trinajstić information content (AvgIpc) is 1.87. The molecule has 0 rings (SSSR count). The Kier molecular flexibility index (Phi) is 3.23. The van der Waals surface area contributed by atoms with Gasteiger partial charge in [-0.2, -0.15) is 0 Å². The summed E-state index contributed by atoms with van der Waals surface area (Å²) in [6, 6.07) is 0. The van der Waals surface area contributed by atoms with E-state index >= 15 is 0 Å². The first-order valence-corrected chi connectivity index (χ1v) is 5.63. The lowest BCUT2D eigenvalue weighted by molar-refractivity contribution is 0.290. The first-order chi connectivity index (χ1) is 3.68. The Balaban J connectivity index is 3.58. The van der Waals surface area contributed by atoms with Crippen LogP contribution in [0.25, 0.3) is 0 Å². The third-order valence-electron chi connectivity index (χ3n) is 1.15. The van der Waals surface area contributed by atoms with Crippen LogP contribution in [0.15, 0.2) is 0 Å². The lowest BCUT2D eigenvalue weighted by atomic mass is 11.6. The Morgan fingerprint density at radius 3 is 1.25 bits per heavy atom. The van der Waals surface area contributed by atoms with E-state index in [0.717, 1.165) is 0 Å². The van der Waals surface area contributed by atoms with Crippen molar-refractivity contribution in [1.82, 2.24) is 0 Å². The van der Waals surface area contributed by atoms with E-state index < -0.39 is 8.07 Å². The van der Waals surface area contributed by atoms with Crippen LogP contribution >= 0.6 is 0 Å². The fraction of sp³-hybridized carbons (Fsp3) is 1.00. The van der Waals surface area contributed by atoms with Crippen LogP contribution in [-0.2, 0) is 0 Å². The van der Waals surface area contributed by atoms with Crippen molar-refractivity contribution in [2.45, 2.75) is 6.55 Å². The monoisotopic (exact) mass is 136 g/mol. The van der Waals surface area contributed by atoms with Gasteiger partial charge in [0.05, 0.1) is 0 Å². The lowest BCUT2D eigenvalue weighted by Crippen LogP contribution is -2.44. The highest BCUT2D eigenvalue weighted by atomic mass is 28.3. The van der Waals surface area contributed by atoms with E-state index in [4.69, 9.17) is 15.3 Å². The van der Waals surface area contributed by atoms with Crippen molar-refractivity contribution in [3.05, 3.63) is 0 Å². The van der Waals surface area contributed by atoms with Crippen LogP contribution in [0.2, 0.25) is 6.55 Å². The van der Waals surface area contributed by atoms with Gasteiger partial charge in [-0.05, 0) is 0 Å². The average molecular weight is 136 g/mol. The molecule has 0 atom stereocenters. The zero-order valence-electron chi connectivity index (χ0n) is 4.96. The minimum atomic E-state index is -2.00. The molecule has 0 spiro atoms. The molecule has 0 aromatic heterocycles. The van der Waals surface area contributed by atoms with Crippen LogP contribution in [-0.4, -0.2) is 42.1 Å². The molecule has 0 bridgehead atoms. The predicted molar refractivity (Wildman–Crippen MR) is 32.9 cm³/mol. The third kappa shape index (κ3) is 1.91. The van der Waals surface area contributed by atoms with Gasteiger partial charge in [-0.25, -0.2) is 0 Å². The summed E-state index contributed by atoms with van der Waals surface area (Å²) in [4.78, 5) is 0. The molecule has 0 saturated carbocycles. The number of aliphatic hydroxyl groups excluding tert-OH is 3. The second-order valence-electron chi connectivity index (χ2n) is 2.29. The smallest absolute Gasteiger partial charge is 0.136 e. The molecule has 8 heavy (non-hydrogen) atoms. The van der Waals surface area contributed by atoms with Crippen LogP contribution < -0.4 is 0 Å². The fourth-order valence-corrected chi connectivity index (χ4v) is 0.450. The Hall–Kier alpha value is 0.0969. The molecule has 0 aliphatic heterocycles. The number of aliphatic hydroxyl groups is 3. The topological polar surface area (TPSA) is 60.7 Å². The maximum atomic E-state index is 8.53. The maximum absolute atomic E-state index is 8.53. The number of hydrogen-bond acceptors (Lipinski definition) is 3. The largest absolute Gasteiger partial charge is 0.399 e. The Bertz CT molecular complexity index is 54.0. The van der Waals surface area contributed by atoms with Gasteiger partial charge in [-0.1, -0.05) is 6.55 Å². The van der Waals surface area contributed by atoms with E-state index in [2.05, 4.69) is 0 Å². The molecule has 0 aliphatic rings. The molecule has 3 nitrogen and oxygen atoms in total. The molecule has 50 valence electrons. The third-order valence-corrected chi connectivity index (χ3v) is 3.44. The second kappa shape index (κ2) is 3.19. The minimum absolute atomic E-state index is 0.0417. The van der Waals surface area contributed by atoms with E-state index in [1.807, 2.05) is 0 Å². The molecular weight excluding hydrogens is 124 g/mol. The molecule has 0 aromatic rings. The zero-order valence-corrected chi connectivity index (χ0v) is 5.96. The van der Waals surface area contributed by atoms with E-state index in [9.17, 15) is 0 Å². The summed E-state index contributed by atoms with van der Waals surface area (Å²) in [5.74, 6) is 0. The van der Waals surface area contributed by atoms with Gasteiger partial charge in [0.15, 0.2) is 0 Å². The highest BCUT2D eigenvalue weighted by Crippen LogP contribution is 1.95. The molecule has 3 N–H and O–H groups in total. The van der Waals surface area contributed by atoms with E-state index in [1.165, 1.54) is 0 Å². The summed E-state index contributed by atoms with van der Waals surface area (Å²) < 4.78 is 0. The van der Waals surface area contributed by atoms with E-state index in [-0.39, 0.29) is 18.7 Å². The second-order valence-corrected chi connectivity index (χ2v) is 6.86. The van der Waals surface area contributed by atoms with Crippen molar-refractivity contribution in [3.8, 4) is 0 Å². The summed E-state index contributed by atoms with van der Waals surface area (Å²) >= 11 is 0.